The van der Waals surface area contributed by atoms with E-state index in [0.29, 0.717) is 6.54 Å². The first-order valence-corrected chi connectivity index (χ1v) is 8.93. The number of hydrogen-bond acceptors (Lipinski definition) is 3. The monoisotopic (exact) mass is 420 g/mol. The van der Waals surface area contributed by atoms with E-state index in [1.807, 2.05) is 30.3 Å². The van der Waals surface area contributed by atoms with E-state index < -0.39 is 23.7 Å². The minimum atomic E-state index is -4.49. The molecular formula is C20H16ClF3N4O. The zero-order chi connectivity index (χ0) is 20.9. The summed E-state index contributed by atoms with van der Waals surface area (Å²) in [6.45, 7) is 0.341. The highest BCUT2D eigenvalue weighted by Gasteiger charge is 2.30. The van der Waals surface area contributed by atoms with Crippen LogP contribution in [0.15, 0.2) is 67.3 Å². The van der Waals surface area contributed by atoms with E-state index in [-0.39, 0.29) is 10.6 Å². The molecule has 1 N–H and O–H groups in total. The molecular weight excluding hydrogens is 405 g/mol. The van der Waals surface area contributed by atoms with Crippen LogP contribution < -0.4 is 5.32 Å². The Labute approximate surface area is 169 Å². The summed E-state index contributed by atoms with van der Waals surface area (Å²) in [5.41, 5.74) is 0.112. The molecule has 9 heteroatoms. The van der Waals surface area contributed by atoms with Gasteiger partial charge in [0, 0.05) is 11.1 Å². The number of rotatable bonds is 6. The second-order valence-electron chi connectivity index (χ2n) is 6.16. The van der Waals surface area contributed by atoms with Crippen molar-refractivity contribution in [2.45, 2.75) is 18.8 Å². The maximum Gasteiger partial charge on any atom is 0.416 e. The first kappa shape index (κ1) is 20.6. The summed E-state index contributed by atoms with van der Waals surface area (Å²) in [6, 6.07) is 11.8. The third-order valence-electron chi connectivity index (χ3n) is 4.09. The largest absolute Gasteiger partial charge is 0.416 e. The van der Waals surface area contributed by atoms with Crippen LogP contribution in [0, 0.1) is 0 Å². The van der Waals surface area contributed by atoms with Crippen LogP contribution in [-0.2, 0) is 17.5 Å². The van der Waals surface area contributed by atoms with Crippen molar-refractivity contribution >= 4 is 23.6 Å². The normalized spacial score (nSPS) is 12.8. The summed E-state index contributed by atoms with van der Waals surface area (Å²) in [7, 11) is 0. The number of alkyl halides is 3. The molecule has 0 radical (unpaired) electrons. The smallest absolute Gasteiger partial charge is 0.344 e. The van der Waals surface area contributed by atoms with Crippen molar-refractivity contribution < 1.29 is 18.0 Å². The zero-order valence-corrected chi connectivity index (χ0v) is 15.7. The van der Waals surface area contributed by atoms with Crippen molar-refractivity contribution in [2.24, 2.45) is 0 Å². The van der Waals surface area contributed by atoms with Crippen LogP contribution >= 0.6 is 11.6 Å². The highest BCUT2D eigenvalue weighted by molar-refractivity contribution is 6.32. The van der Waals surface area contributed by atoms with Crippen LogP contribution in [0.4, 0.5) is 13.2 Å². The summed E-state index contributed by atoms with van der Waals surface area (Å²) < 4.78 is 40.2. The van der Waals surface area contributed by atoms with Crippen molar-refractivity contribution in [3.63, 3.8) is 0 Å². The topological polar surface area (TPSA) is 59.8 Å². The van der Waals surface area contributed by atoms with E-state index in [0.717, 1.165) is 29.8 Å². The van der Waals surface area contributed by atoms with Gasteiger partial charge in [-0.2, -0.15) is 18.3 Å². The lowest BCUT2D eigenvalue weighted by atomic mass is 10.1. The number of carbonyl (C=O) groups is 1. The van der Waals surface area contributed by atoms with Crippen molar-refractivity contribution in [2.75, 3.05) is 0 Å². The average molecular weight is 421 g/mol. The van der Waals surface area contributed by atoms with Gasteiger partial charge in [0.25, 0.3) is 0 Å². The van der Waals surface area contributed by atoms with Gasteiger partial charge in [-0.05, 0) is 35.4 Å². The lowest BCUT2D eigenvalue weighted by Crippen LogP contribution is -2.30. The molecule has 0 saturated heterocycles. The lowest BCUT2D eigenvalue weighted by molar-refractivity contribution is -0.137. The van der Waals surface area contributed by atoms with Crippen LogP contribution in [0.1, 0.15) is 22.7 Å². The van der Waals surface area contributed by atoms with Gasteiger partial charge in [-0.1, -0.05) is 41.9 Å². The summed E-state index contributed by atoms with van der Waals surface area (Å²) >= 11 is 5.96. The number of benzene rings is 2. The fourth-order valence-corrected chi connectivity index (χ4v) is 2.85. The maximum atomic E-state index is 12.9. The molecule has 0 spiro atoms. The minimum Gasteiger partial charge on any atom is -0.344 e. The zero-order valence-electron chi connectivity index (χ0n) is 15.0. The van der Waals surface area contributed by atoms with Gasteiger partial charge < -0.3 is 5.32 Å². The van der Waals surface area contributed by atoms with Crippen molar-refractivity contribution in [3.8, 4) is 0 Å². The molecule has 0 aliphatic carbocycles. The van der Waals surface area contributed by atoms with Gasteiger partial charge in [0.2, 0.25) is 5.91 Å². The average Bonchev–Trinajstić information content (AvgIpc) is 3.20. The van der Waals surface area contributed by atoms with E-state index >= 15 is 0 Å². The Morgan fingerprint density at radius 2 is 1.97 bits per heavy atom. The maximum absolute atomic E-state index is 12.9. The van der Waals surface area contributed by atoms with Crippen molar-refractivity contribution in [3.05, 3.63) is 89.0 Å². The van der Waals surface area contributed by atoms with Gasteiger partial charge in [-0.25, -0.2) is 4.98 Å². The van der Waals surface area contributed by atoms with E-state index in [1.54, 1.807) is 4.68 Å². The molecule has 3 aromatic rings. The number of halogens is 4. The molecule has 3 rings (SSSR count). The van der Waals surface area contributed by atoms with Crippen LogP contribution in [0.25, 0.3) is 6.08 Å². The highest BCUT2D eigenvalue weighted by atomic mass is 35.5. The van der Waals surface area contributed by atoms with Crippen molar-refractivity contribution in [1.82, 2.24) is 20.1 Å². The Morgan fingerprint density at radius 3 is 2.62 bits per heavy atom. The third-order valence-corrected chi connectivity index (χ3v) is 4.44. The second kappa shape index (κ2) is 8.91. The SMILES string of the molecule is O=C(/C=C/c1cc(C(F)(F)F)ccc1Cl)NC(Cn1cncn1)c1ccccc1. The minimum absolute atomic E-state index is 0.101. The summed E-state index contributed by atoms with van der Waals surface area (Å²) in [4.78, 5) is 16.3. The van der Waals surface area contributed by atoms with Gasteiger partial charge in [0.15, 0.2) is 0 Å². The predicted molar refractivity (Wildman–Crippen MR) is 103 cm³/mol. The molecule has 0 bridgehead atoms. The number of nitrogens with zero attached hydrogens (tertiary/aromatic N) is 3. The molecule has 0 fully saturated rings. The lowest BCUT2D eigenvalue weighted by Gasteiger charge is -2.18. The van der Waals surface area contributed by atoms with E-state index in [9.17, 15) is 18.0 Å². The molecule has 1 heterocycles. The fourth-order valence-electron chi connectivity index (χ4n) is 2.67. The molecule has 0 aliphatic rings. The molecule has 1 amide bonds. The number of nitrogens with one attached hydrogen (secondary N) is 1. The van der Waals surface area contributed by atoms with Crippen LogP contribution in [0.3, 0.4) is 0 Å². The summed E-state index contributed by atoms with van der Waals surface area (Å²) in [6.07, 6.45) is 0.828. The fraction of sp³-hybridized carbons (Fsp3) is 0.150. The third kappa shape index (κ3) is 5.68. The van der Waals surface area contributed by atoms with E-state index in [4.69, 9.17) is 11.6 Å². The van der Waals surface area contributed by atoms with E-state index in [1.165, 1.54) is 18.7 Å². The van der Waals surface area contributed by atoms with Crippen LogP contribution in [0.2, 0.25) is 5.02 Å². The molecule has 1 atom stereocenters. The van der Waals surface area contributed by atoms with Crippen LogP contribution in [-0.4, -0.2) is 20.7 Å². The Kier molecular flexibility index (Phi) is 6.33. The van der Waals surface area contributed by atoms with Gasteiger partial charge in [-0.15, -0.1) is 0 Å². The Hall–Kier alpha value is -3.13. The van der Waals surface area contributed by atoms with Gasteiger partial charge in [-0.3, -0.25) is 9.48 Å². The Morgan fingerprint density at radius 1 is 1.21 bits per heavy atom. The van der Waals surface area contributed by atoms with E-state index in [2.05, 4.69) is 15.4 Å². The molecule has 2 aromatic carbocycles. The molecule has 0 aliphatic heterocycles. The Balaban J connectivity index is 1.76. The van der Waals surface area contributed by atoms with Gasteiger partial charge in [0.1, 0.15) is 12.7 Å². The molecule has 0 saturated carbocycles. The van der Waals surface area contributed by atoms with Gasteiger partial charge in [0.05, 0.1) is 18.2 Å². The standard InChI is InChI=1S/C20H16ClF3N4O/c21-17-8-7-16(20(22,23)24)10-15(17)6-9-19(29)27-18(11-28-13-25-12-26-28)14-4-2-1-3-5-14/h1-10,12-13,18H,11H2,(H,27,29)/b9-6+. The predicted octanol–water partition coefficient (Wildman–Crippen LogP) is 4.52. The number of amides is 1. The van der Waals surface area contributed by atoms with Gasteiger partial charge >= 0.3 is 6.18 Å². The quantitative estimate of drug-likeness (QED) is 0.596. The first-order chi connectivity index (χ1) is 13.8. The molecule has 150 valence electrons. The molecule has 1 aromatic heterocycles. The summed E-state index contributed by atoms with van der Waals surface area (Å²) in [5.74, 6) is -0.479. The first-order valence-electron chi connectivity index (χ1n) is 8.55. The molecule has 1 unspecified atom stereocenters. The summed E-state index contributed by atoms with van der Waals surface area (Å²) in [5, 5.41) is 6.98. The van der Waals surface area contributed by atoms with Crippen molar-refractivity contribution in [1.29, 1.82) is 0 Å². The number of hydrogen-bond donors (Lipinski definition) is 1. The number of carbonyl (C=O) groups excluding carboxylic acids is 1. The molecule has 5 nitrogen and oxygen atoms in total. The molecule has 29 heavy (non-hydrogen) atoms. The Bertz CT molecular complexity index is 989. The highest BCUT2D eigenvalue weighted by Crippen LogP contribution is 2.32. The number of aromatic nitrogens is 3. The van der Waals surface area contributed by atoms with Crippen LogP contribution in [0.5, 0.6) is 0 Å². The second-order valence-corrected chi connectivity index (χ2v) is 6.56.